The van der Waals surface area contributed by atoms with Gasteiger partial charge >= 0.3 is 0 Å². The molecule has 38 heavy (non-hydrogen) atoms. The Kier molecular flexibility index (Phi) is 4.80. The maximum absolute atomic E-state index is 7.02. The molecule has 0 saturated heterocycles. The minimum Gasteiger partial charge on any atom is -0.455 e. The highest BCUT2D eigenvalue weighted by molar-refractivity contribution is 6.30. The predicted octanol–water partition coefficient (Wildman–Crippen LogP) is 10.4. The van der Waals surface area contributed by atoms with Crippen molar-refractivity contribution in [3.8, 4) is 0 Å². The van der Waals surface area contributed by atoms with Crippen LogP contribution >= 0.6 is 0 Å². The first kappa shape index (κ1) is 23.3. The van der Waals surface area contributed by atoms with Gasteiger partial charge < -0.3 is 8.83 Å². The molecule has 3 nitrogen and oxygen atoms in total. The molecule has 7 rings (SSSR count). The molecular formula is C35H33NO2. The van der Waals surface area contributed by atoms with E-state index in [4.69, 9.17) is 13.8 Å². The van der Waals surface area contributed by atoms with Crippen LogP contribution in [-0.2, 0) is 12.8 Å². The van der Waals surface area contributed by atoms with Gasteiger partial charge in [0.15, 0.2) is 5.58 Å². The van der Waals surface area contributed by atoms with E-state index in [0.29, 0.717) is 0 Å². The topological polar surface area (TPSA) is 39.2 Å². The first-order chi connectivity index (χ1) is 18.1. The second-order valence-corrected chi connectivity index (χ2v) is 13.3. The summed E-state index contributed by atoms with van der Waals surface area (Å²) in [6, 6.07) is 23.7. The van der Waals surface area contributed by atoms with Crippen molar-refractivity contribution in [2.75, 3.05) is 0 Å². The Labute approximate surface area is 222 Å². The van der Waals surface area contributed by atoms with Gasteiger partial charge in [0.1, 0.15) is 22.3 Å². The number of aromatic nitrogens is 1. The van der Waals surface area contributed by atoms with Gasteiger partial charge in [0, 0.05) is 27.1 Å². The van der Waals surface area contributed by atoms with Crippen LogP contribution in [-0.4, -0.2) is 4.98 Å². The normalized spacial score (nSPS) is 13.2. The zero-order valence-electron chi connectivity index (χ0n) is 23.0. The Morgan fingerprint density at radius 1 is 0.632 bits per heavy atom. The lowest BCUT2D eigenvalue weighted by molar-refractivity contribution is 0.410. The summed E-state index contributed by atoms with van der Waals surface area (Å²) in [4.78, 5) is 5.26. The van der Waals surface area contributed by atoms with Crippen LogP contribution < -0.4 is 0 Å². The summed E-state index contributed by atoms with van der Waals surface area (Å²) < 4.78 is 13.7. The summed E-state index contributed by atoms with van der Waals surface area (Å²) >= 11 is 0. The molecule has 0 fully saturated rings. The van der Waals surface area contributed by atoms with Crippen molar-refractivity contribution >= 4 is 65.7 Å². The maximum atomic E-state index is 7.02. The number of nitrogens with zero attached hydrogens (tertiary/aromatic N) is 1. The van der Waals surface area contributed by atoms with Crippen LogP contribution in [0.5, 0.6) is 0 Å². The SMILES string of the molecule is CC(C)(C)Cc1cc2oc3c(CC(C)(C)C)c4ccccc4nc3c3cc4ccccc4c4oc(c1)c2c34. The number of benzene rings is 4. The lowest BCUT2D eigenvalue weighted by atomic mass is 9.86. The highest BCUT2D eigenvalue weighted by Gasteiger charge is 2.24. The highest BCUT2D eigenvalue weighted by Crippen LogP contribution is 2.45. The Morgan fingerprint density at radius 3 is 1.97 bits per heavy atom. The molecule has 0 aliphatic heterocycles. The van der Waals surface area contributed by atoms with Gasteiger partial charge in [-0.1, -0.05) is 84.0 Å². The first-order valence-electron chi connectivity index (χ1n) is 13.6. The fourth-order valence-corrected chi connectivity index (χ4v) is 6.10. The molecule has 7 aromatic rings. The van der Waals surface area contributed by atoms with Crippen LogP contribution in [0.1, 0.15) is 52.7 Å². The van der Waals surface area contributed by atoms with E-state index in [1.54, 1.807) is 0 Å². The van der Waals surface area contributed by atoms with Crippen molar-refractivity contribution in [2.45, 2.75) is 54.4 Å². The number of pyridine rings is 1. The molecule has 3 heterocycles. The van der Waals surface area contributed by atoms with Gasteiger partial charge in [-0.15, -0.1) is 0 Å². The summed E-state index contributed by atoms with van der Waals surface area (Å²) in [5, 5.41) is 6.64. The van der Waals surface area contributed by atoms with Crippen molar-refractivity contribution < 1.29 is 8.83 Å². The smallest absolute Gasteiger partial charge is 0.157 e. The average molecular weight is 500 g/mol. The molecule has 0 saturated carbocycles. The highest BCUT2D eigenvalue weighted by atomic mass is 16.3. The van der Waals surface area contributed by atoms with Gasteiger partial charge in [0.2, 0.25) is 0 Å². The van der Waals surface area contributed by atoms with Crippen LogP contribution in [0.4, 0.5) is 0 Å². The van der Waals surface area contributed by atoms with Gasteiger partial charge in [0.25, 0.3) is 0 Å². The minimum absolute atomic E-state index is 0.0766. The van der Waals surface area contributed by atoms with Gasteiger partial charge in [-0.3, -0.25) is 0 Å². The van der Waals surface area contributed by atoms with Gasteiger partial charge in [-0.25, -0.2) is 4.98 Å². The van der Waals surface area contributed by atoms with Crippen LogP contribution in [0.2, 0.25) is 0 Å². The van der Waals surface area contributed by atoms with E-state index in [2.05, 4.69) is 108 Å². The Bertz CT molecular complexity index is 2040. The largest absolute Gasteiger partial charge is 0.455 e. The van der Waals surface area contributed by atoms with E-state index in [0.717, 1.165) is 78.5 Å². The van der Waals surface area contributed by atoms with Crippen molar-refractivity contribution in [1.82, 2.24) is 4.98 Å². The molecule has 3 heteroatoms. The van der Waals surface area contributed by atoms with E-state index < -0.39 is 0 Å². The molecule has 4 aromatic carbocycles. The van der Waals surface area contributed by atoms with Crippen LogP contribution in [0.15, 0.2) is 75.6 Å². The van der Waals surface area contributed by atoms with Crippen LogP contribution in [0, 0.1) is 10.8 Å². The van der Waals surface area contributed by atoms with E-state index in [9.17, 15) is 0 Å². The van der Waals surface area contributed by atoms with Gasteiger partial charge in [-0.2, -0.15) is 0 Å². The van der Waals surface area contributed by atoms with Crippen molar-refractivity contribution in [3.05, 3.63) is 77.9 Å². The molecule has 190 valence electrons. The third kappa shape index (κ3) is 3.67. The minimum atomic E-state index is 0.0766. The molecule has 0 spiro atoms. The molecule has 0 aliphatic carbocycles. The third-order valence-electron chi connectivity index (χ3n) is 7.45. The van der Waals surface area contributed by atoms with E-state index >= 15 is 0 Å². The maximum Gasteiger partial charge on any atom is 0.157 e. The predicted molar refractivity (Wildman–Crippen MR) is 160 cm³/mol. The number of fused-ring (bicyclic) bond motifs is 5. The second kappa shape index (κ2) is 7.83. The zero-order valence-corrected chi connectivity index (χ0v) is 23.0. The van der Waals surface area contributed by atoms with E-state index in [-0.39, 0.29) is 10.8 Å². The zero-order chi connectivity index (χ0) is 26.4. The number of rotatable bonds is 2. The Hall–Kier alpha value is -3.85. The Balaban J connectivity index is 1.77. The summed E-state index contributed by atoms with van der Waals surface area (Å²) in [5.41, 5.74) is 8.08. The number of para-hydroxylation sites is 1. The summed E-state index contributed by atoms with van der Waals surface area (Å²) in [7, 11) is 0. The van der Waals surface area contributed by atoms with Crippen molar-refractivity contribution in [3.63, 3.8) is 0 Å². The monoisotopic (exact) mass is 499 g/mol. The summed E-state index contributed by atoms with van der Waals surface area (Å²) in [6.45, 7) is 13.7. The molecule has 3 aromatic heterocycles. The molecule has 0 N–H and O–H groups in total. The molecule has 0 atom stereocenters. The summed E-state index contributed by atoms with van der Waals surface area (Å²) in [6.07, 6.45) is 1.82. The number of hydrogen-bond donors (Lipinski definition) is 0. The third-order valence-corrected chi connectivity index (χ3v) is 7.45. The van der Waals surface area contributed by atoms with Gasteiger partial charge in [0.05, 0.1) is 10.9 Å². The van der Waals surface area contributed by atoms with Gasteiger partial charge in [-0.05, 0) is 58.9 Å². The van der Waals surface area contributed by atoms with Crippen molar-refractivity contribution in [2.24, 2.45) is 10.8 Å². The average Bonchev–Trinajstić information content (AvgIpc) is 3.16. The summed E-state index contributed by atoms with van der Waals surface area (Å²) in [5.74, 6) is 0. The lowest BCUT2D eigenvalue weighted by Gasteiger charge is -2.20. The molecule has 0 amide bonds. The van der Waals surface area contributed by atoms with Crippen molar-refractivity contribution in [1.29, 1.82) is 0 Å². The Morgan fingerprint density at radius 2 is 1.26 bits per heavy atom. The molecule has 0 aliphatic rings. The van der Waals surface area contributed by atoms with E-state index in [1.807, 2.05) is 0 Å². The fraction of sp³-hybridized carbons (Fsp3) is 0.286. The van der Waals surface area contributed by atoms with Crippen LogP contribution in [0.25, 0.3) is 65.7 Å². The fourth-order valence-electron chi connectivity index (χ4n) is 6.10. The van der Waals surface area contributed by atoms with Crippen LogP contribution in [0.3, 0.4) is 0 Å². The lowest BCUT2D eigenvalue weighted by Crippen LogP contribution is -2.10. The number of furan rings is 1. The van der Waals surface area contributed by atoms with E-state index in [1.165, 1.54) is 11.1 Å². The molecule has 0 bridgehead atoms. The second-order valence-electron chi connectivity index (χ2n) is 13.3. The molecule has 0 unspecified atom stereocenters. The quantitative estimate of drug-likeness (QED) is 0.237. The molecule has 0 radical (unpaired) electrons. The standard InChI is InChI=1S/C35H33NO2/c1-34(2,3)18-20-15-27-30-28(16-20)38-33-25(19-35(4,5)6)23-13-9-10-14-26(23)36-31(33)24-17-21-11-7-8-12-22(21)32(37-27)29(24)30/h7-17H,18-19H2,1-6H3. The first-order valence-corrected chi connectivity index (χ1v) is 13.6. The molecular weight excluding hydrogens is 466 g/mol. The number of hydrogen-bond acceptors (Lipinski definition) is 3.